The molecule has 3 atom stereocenters. The van der Waals surface area contributed by atoms with E-state index in [1.54, 1.807) is 7.05 Å². The maximum atomic E-state index is 12.2. The molecule has 4 nitrogen and oxygen atoms in total. The van der Waals surface area contributed by atoms with E-state index < -0.39 is 10.8 Å². The number of hydrogen-bond acceptors (Lipinski definition) is 3. The predicted octanol–water partition coefficient (Wildman–Crippen LogP) is 2.63. The summed E-state index contributed by atoms with van der Waals surface area (Å²) in [6.45, 7) is 0.653. The van der Waals surface area contributed by atoms with Crippen molar-refractivity contribution in [3.8, 4) is 0 Å². The molecule has 2 rings (SSSR count). The quantitative estimate of drug-likeness (QED) is 0.610. The normalized spacial score (nSPS) is 23.3. The molecular weight excluding hydrogens is 326 g/mol. The highest BCUT2D eigenvalue weighted by molar-refractivity contribution is 7.99. The van der Waals surface area contributed by atoms with Gasteiger partial charge >= 0.3 is 0 Å². The molecule has 3 unspecified atom stereocenters. The number of aliphatic imine (C=N–C) groups is 1. The molecule has 1 aliphatic rings. The molecular formula is C17H27N3OS2. The number of thioether (sulfide) groups is 1. The minimum Gasteiger partial charge on any atom is -0.355 e. The molecule has 2 N–H and O–H groups in total. The zero-order valence-electron chi connectivity index (χ0n) is 14.0. The van der Waals surface area contributed by atoms with Crippen molar-refractivity contribution in [1.82, 2.24) is 10.6 Å². The lowest BCUT2D eigenvalue weighted by atomic mass is 9.95. The Morgan fingerprint density at radius 1 is 1.35 bits per heavy atom. The van der Waals surface area contributed by atoms with Crippen LogP contribution >= 0.6 is 11.8 Å². The van der Waals surface area contributed by atoms with Crippen LogP contribution in [0.5, 0.6) is 0 Å². The van der Waals surface area contributed by atoms with Crippen molar-refractivity contribution in [2.45, 2.75) is 41.9 Å². The van der Waals surface area contributed by atoms with Crippen molar-refractivity contribution < 1.29 is 4.21 Å². The Balaban J connectivity index is 1.74. The van der Waals surface area contributed by atoms with Crippen LogP contribution < -0.4 is 10.6 Å². The van der Waals surface area contributed by atoms with Crippen LogP contribution in [-0.4, -0.2) is 47.1 Å². The fourth-order valence-corrected chi connectivity index (χ4v) is 4.64. The molecule has 1 aromatic rings. The third-order valence-electron chi connectivity index (χ3n) is 4.11. The second-order valence-electron chi connectivity index (χ2n) is 5.73. The molecule has 0 spiro atoms. The minimum absolute atomic E-state index is 0.493. The van der Waals surface area contributed by atoms with E-state index in [9.17, 15) is 4.21 Å². The third-order valence-corrected chi connectivity index (χ3v) is 6.58. The van der Waals surface area contributed by atoms with Crippen LogP contribution in [0, 0.1) is 0 Å². The van der Waals surface area contributed by atoms with Gasteiger partial charge in [-0.3, -0.25) is 9.20 Å². The molecule has 23 heavy (non-hydrogen) atoms. The van der Waals surface area contributed by atoms with E-state index in [1.807, 2.05) is 42.1 Å². The SMILES string of the molecule is CN=C(NCCS(=O)c1ccccc1)NC1CCCC(SC)C1. The topological polar surface area (TPSA) is 53.5 Å². The molecule has 1 saturated carbocycles. The van der Waals surface area contributed by atoms with Crippen LogP contribution in [0.1, 0.15) is 25.7 Å². The number of rotatable bonds is 6. The maximum absolute atomic E-state index is 12.2. The molecule has 0 aromatic heterocycles. The number of nitrogens with one attached hydrogen (secondary N) is 2. The Labute approximate surface area is 146 Å². The molecule has 0 radical (unpaired) electrons. The lowest BCUT2D eigenvalue weighted by molar-refractivity contribution is 0.419. The summed E-state index contributed by atoms with van der Waals surface area (Å²) in [5.74, 6) is 1.41. The Morgan fingerprint density at radius 2 is 2.13 bits per heavy atom. The number of guanidine groups is 1. The molecule has 1 aromatic carbocycles. The molecule has 0 bridgehead atoms. The highest BCUT2D eigenvalue weighted by Crippen LogP contribution is 2.26. The summed E-state index contributed by atoms with van der Waals surface area (Å²) in [5, 5.41) is 7.55. The van der Waals surface area contributed by atoms with Gasteiger partial charge in [-0.25, -0.2) is 0 Å². The smallest absolute Gasteiger partial charge is 0.191 e. The monoisotopic (exact) mass is 353 g/mol. The maximum Gasteiger partial charge on any atom is 0.191 e. The second-order valence-corrected chi connectivity index (χ2v) is 8.44. The van der Waals surface area contributed by atoms with Crippen molar-refractivity contribution >= 4 is 28.5 Å². The van der Waals surface area contributed by atoms with E-state index >= 15 is 0 Å². The van der Waals surface area contributed by atoms with E-state index in [4.69, 9.17) is 0 Å². The van der Waals surface area contributed by atoms with Crippen LogP contribution in [0.15, 0.2) is 40.2 Å². The van der Waals surface area contributed by atoms with Crippen LogP contribution in [0.4, 0.5) is 0 Å². The Bertz CT molecular complexity index is 522. The first kappa shape index (κ1) is 18.3. The van der Waals surface area contributed by atoms with Crippen molar-refractivity contribution in [2.24, 2.45) is 4.99 Å². The van der Waals surface area contributed by atoms with Gasteiger partial charge in [0, 0.05) is 35.5 Å². The zero-order valence-corrected chi connectivity index (χ0v) is 15.6. The first-order valence-electron chi connectivity index (χ1n) is 8.16. The summed E-state index contributed by atoms with van der Waals surface area (Å²) >= 11 is 1.96. The average molecular weight is 354 g/mol. The lowest BCUT2D eigenvalue weighted by Crippen LogP contribution is -2.46. The summed E-state index contributed by atoms with van der Waals surface area (Å²) in [6, 6.07) is 10.1. The molecule has 1 fully saturated rings. The summed E-state index contributed by atoms with van der Waals surface area (Å²) in [7, 11) is 0.826. The molecule has 0 aliphatic heterocycles. The van der Waals surface area contributed by atoms with Crippen LogP contribution in [-0.2, 0) is 10.8 Å². The van der Waals surface area contributed by atoms with Gasteiger partial charge in [0.05, 0.1) is 10.8 Å². The highest BCUT2D eigenvalue weighted by Gasteiger charge is 2.21. The Morgan fingerprint density at radius 3 is 2.83 bits per heavy atom. The minimum atomic E-state index is -0.964. The molecule has 0 amide bonds. The van der Waals surface area contributed by atoms with E-state index in [0.717, 1.165) is 16.1 Å². The van der Waals surface area contributed by atoms with Crippen molar-refractivity contribution in [3.05, 3.63) is 30.3 Å². The largest absolute Gasteiger partial charge is 0.355 e. The van der Waals surface area contributed by atoms with Gasteiger partial charge in [0.2, 0.25) is 0 Å². The summed E-state index contributed by atoms with van der Waals surface area (Å²) in [5.41, 5.74) is 0. The van der Waals surface area contributed by atoms with Crippen molar-refractivity contribution in [1.29, 1.82) is 0 Å². The number of benzene rings is 1. The van der Waals surface area contributed by atoms with Gasteiger partial charge in [-0.1, -0.05) is 24.6 Å². The standard InChI is InChI=1S/C17H27N3OS2/c1-18-17(20-14-7-6-8-15(13-14)22-2)19-11-12-23(21)16-9-4-3-5-10-16/h3-5,9-10,14-15H,6-8,11-13H2,1-2H3,(H2,18,19,20). The van der Waals surface area contributed by atoms with Gasteiger partial charge in [0.25, 0.3) is 0 Å². The Hall–Kier alpha value is -1.01. The van der Waals surface area contributed by atoms with Gasteiger partial charge < -0.3 is 10.6 Å². The van der Waals surface area contributed by atoms with Gasteiger partial charge in [0.15, 0.2) is 5.96 Å². The van der Waals surface area contributed by atoms with Crippen molar-refractivity contribution in [2.75, 3.05) is 25.6 Å². The predicted molar refractivity (Wildman–Crippen MR) is 102 cm³/mol. The van der Waals surface area contributed by atoms with Gasteiger partial charge in [0.1, 0.15) is 0 Å². The van der Waals surface area contributed by atoms with E-state index in [0.29, 0.717) is 18.3 Å². The van der Waals surface area contributed by atoms with E-state index in [-0.39, 0.29) is 0 Å². The van der Waals surface area contributed by atoms with Gasteiger partial charge in [-0.15, -0.1) is 0 Å². The molecule has 0 saturated heterocycles. The number of nitrogens with zero attached hydrogens (tertiary/aromatic N) is 1. The zero-order chi connectivity index (χ0) is 16.5. The summed E-state index contributed by atoms with van der Waals surface area (Å²) < 4.78 is 12.2. The van der Waals surface area contributed by atoms with Gasteiger partial charge in [-0.05, 0) is 37.7 Å². The number of hydrogen-bond donors (Lipinski definition) is 2. The van der Waals surface area contributed by atoms with Crippen molar-refractivity contribution in [3.63, 3.8) is 0 Å². The summed E-state index contributed by atoms with van der Waals surface area (Å²) in [4.78, 5) is 5.17. The fraction of sp³-hybridized carbons (Fsp3) is 0.588. The van der Waals surface area contributed by atoms with Crippen LogP contribution in [0.2, 0.25) is 0 Å². The molecule has 0 heterocycles. The molecule has 128 valence electrons. The van der Waals surface area contributed by atoms with E-state index in [2.05, 4.69) is 21.9 Å². The molecule has 6 heteroatoms. The van der Waals surface area contributed by atoms with Crippen LogP contribution in [0.3, 0.4) is 0 Å². The second kappa shape index (κ2) is 9.98. The lowest BCUT2D eigenvalue weighted by Gasteiger charge is -2.29. The third kappa shape index (κ3) is 6.18. The van der Waals surface area contributed by atoms with E-state index in [1.165, 1.54) is 25.7 Å². The summed E-state index contributed by atoms with van der Waals surface area (Å²) in [6.07, 6.45) is 7.18. The highest BCUT2D eigenvalue weighted by atomic mass is 32.2. The average Bonchev–Trinajstić information content (AvgIpc) is 2.61. The first-order chi connectivity index (χ1) is 11.2. The first-order valence-corrected chi connectivity index (χ1v) is 10.8. The van der Waals surface area contributed by atoms with Gasteiger partial charge in [-0.2, -0.15) is 11.8 Å². The Kier molecular flexibility index (Phi) is 7.95. The fourth-order valence-electron chi connectivity index (χ4n) is 2.83. The molecule has 1 aliphatic carbocycles. The van der Waals surface area contributed by atoms with Crippen LogP contribution in [0.25, 0.3) is 0 Å².